The number of nitrogens with one attached hydrogen (secondary N) is 1. The van der Waals surface area contributed by atoms with E-state index >= 15 is 0 Å². The molecule has 5 nitrogen and oxygen atoms in total. The van der Waals surface area contributed by atoms with Crippen molar-refractivity contribution < 1.29 is 27.4 Å². The van der Waals surface area contributed by atoms with Gasteiger partial charge in [0.05, 0.1) is 19.2 Å². The molecule has 1 amide bonds. The molecule has 0 spiro atoms. The van der Waals surface area contributed by atoms with Crippen LogP contribution in [0.3, 0.4) is 0 Å². The first-order valence-corrected chi connectivity index (χ1v) is 9.78. The van der Waals surface area contributed by atoms with Crippen molar-refractivity contribution in [2.75, 3.05) is 13.7 Å². The number of amidine groups is 1. The lowest BCUT2D eigenvalue weighted by atomic mass is 9.85. The highest BCUT2D eigenvalue weighted by Gasteiger charge is 2.34. The van der Waals surface area contributed by atoms with Crippen molar-refractivity contribution in [3.63, 3.8) is 0 Å². The van der Waals surface area contributed by atoms with E-state index in [0.717, 1.165) is 17.2 Å². The monoisotopic (exact) mass is 430 g/mol. The number of amides is 1. The summed E-state index contributed by atoms with van der Waals surface area (Å²) in [6.07, 6.45) is -2.20. The fraction of sp³-hybridized carbons (Fsp3) is 0.304. The predicted molar refractivity (Wildman–Crippen MR) is 109 cm³/mol. The van der Waals surface area contributed by atoms with Crippen LogP contribution in [0.25, 0.3) is 0 Å². The molecule has 2 aromatic carbocycles. The second-order valence-electron chi connectivity index (χ2n) is 7.51. The van der Waals surface area contributed by atoms with Crippen LogP contribution in [0.5, 0.6) is 11.5 Å². The second-order valence-corrected chi connectivity index (χ2v) is 7.51. The molecule has 8 heteroatoms. The van der Waals surface area contributed by atoms with E-state index in [1.807, 2.05) is 6.08 Å². The number of aliphatic imine (C=N–C) groups is 1. The number of nitrogens with zero attached hydrogens (tertiary/aromatic N) is 1. The smallest absolute Gasteiger partial charge is 0.416 e. The highest BCUT2D eigenvalue weighted by Crippen LogP contribution is 2.39. The van der Waals surface area contributed by atoms with E-state index in [9.17, 15) is 18.0 Å². The average molecular weight is 430 g/mol. The quantitative estimate of drug-likeness (QED) is 0.758. The van der Waals surface area contributed by atoms with Gasteiger partial charge in [0.1, 0.15) is 12.4 Å². The van der Waals surface area contributed by atoms with E-state index in [4.69, 9.17) is 9.47 Å². The summed E-state index contributed by atoms with van der Waals surface area (Å²) in [5.41, 5.74) is 1.68. The Morgan fingerprint density at radius 1 is 1.16 bits per heavy atom. The van der Waals surface area contributed by atoms with E-state index < -0.39 is 11.7 Å². The molecular weight excluding hydrogens is 409 g/mol. The number of fused-ring (bicyclic) bond motifs is 1. The Morgan fingerprint density at radius 2 is 1.97 bits per heavy atom. The van der Waals surface area contributed by atoms with Gasteiger partial charge in [0.15, 0.2) is 11.5 Å². The summed E-state index contributed by atoms with van der Waals surface area (Å²) in [6, 6.07) is 9.38. The standard InChI is InChI=1S/C23H21F3N2O3/c1-13-3-4-15(18(9-13)23(24,25)26)12-31-19-6-5-14(10-20(19)30-2)17-11-21(29)28-22-16(17)7-8-27-22/h3-7,9-10,17H,8,11-12H2,1-2H3,(H,27,28,29)/t17-/m1/s1. The van der Waals surface area contributed by atoms with Crippen molar-refractivity contribution >= 4 is 11.7 Å². The topological polar surface area (TPSA) is 59.9 Å². The van der Waals surface area contributed by atoms with Gasteiger partial charge >= 0.3 is 6.18 Å². The number of alkyl halides is 3. The Kier molecular flexibility index (Phi) is 5.47. The molecule has 0 bridgehead atoms. The van der Waals surface area contributed by atoms with Crippen molar-refractivity contribution in [3.05, 3.63) is 70.3 Å². The van der Waals surface area contributed by atoms with Gasteiger partial charge in [-0.25, -0.2) is 0 Å². The largest absolute Gasteiger partial charge is 0.493 e. The third kappa shape index (κ3) is 4.28. The van der Waals surface area contributed by atoms with Gasteiger partial charge in [-0.2, -0.15) is 13.2 Å². The second kappa shape index (κ2) is 8.09. The first-order chi connectivity index (χ1) is 14.8. The van der Waals surface area contributed by atoms with Crippen LogP contribution in [0.4, 0.5) is 13.2 Å². The van der Waals surface area contributed by atoms with Crippen molar-refractivity contribution in [2.45, 2.75) is 32.0 Å². The average Bonchev–Trinajstić information content (AvgIpc) is 3.19. The van der Waals surface area contributed by atoms with Crippen LogP contribution in [0, 0.1) is 6.92 Å². The van der Waals surface area contributed by atoms with Crippen molar-refractivity contribution in [2.24, 2.45) is 4.99 Å². The summed E-state index contributed by atoms with van der Waals surface area (Å²) >= 11 is 0. The van der Waals surface area contributed by atoms with Gasteiger partial charge in [-0.3, -0.25) is 9.79 Å². The van der Waals surface area contributed by atoms with Gasteiger partial charge in [0.25, 0.3) is 0 Å². The van der Waals surface area contributed by atoms with E-state index in [1.165, 1.54) is 13.2 Å². The van der Waals surface area contributed by atoms with Crippen LogP contribution in [0.1, 0.15) is 34.6 Å². The number of piperidine rings is 1. The van der Waals surface area contributed by atoms with Gasteiger partial charge in [-0.05, 0) is 30.7 Å². The van der Waals surface area contributed by atoms with Gasteiger partial charge in [0, 0.05) is 23.5 Å². The Bertz CT molecular complexity index is 1090. The lowest BCUT2D eigenvalue weighted by Gasteiger charge is -2.26. The molecule has 0 unspecified atom stereocenters. The third-order valence-electron chi connectivity index (χ3n) is 5.40. The van der Waals surface area contributed by atoms with Crippen molar-refractivity contribution in [1.29, 1.82) is 0 Å². The molecule has 1 N–H and O–H groups in total. The van der Waals surface area contributed by atoms with E-state index in [1.54, 1.807) is 31.2 Å². The summed E-state index contributed by atoms with van der Waals surface area (Å²) < 4.78 is 51.2. The number of carbonyl (C=O) groups excluding carboxylic acids is 1. The van der Waals surface area contributed by atoms with Gasteiger partial charge < -0.3 is 14.8 Å². The van der Waals surface area contributed by atoms with Crippen molar-refractivity contribution in [1.82, 2.24) is 5.32 Å². The molecule has 162 valence electrons. The maximum atomic E-state index is 13.4. The van der Waals surface area contributed by atoms with E-state index in [2.05, 4.69) is 10.3 Å². The molecule has 1 fully saturated rings. The maximum absolute atomic E-state index is 13.4. The lowest BCUT2D eigenvalue weighted by Crippen LogP contribution is -2.38. The molecule has 1 atom stereocenters. The van der Waals surface area contributed by atoms with Crippen LogP contribution in [0.15, 0.2) is 53.0 Å². The van der Waals surface area contributed by atoms with Gasteiger partial charge in [0.2, 0.25) is 5.91 Å². The molecule has 2 aromatic rings. The number of ether oxygens (including phenoxy) is 2. The number of hydrogen-bond donors (Lipinski definition) is 1. The molecule has 31 heavy (non-hydrogen) atoms. The summed E-state index contributed by atoms with van der Waals surface area (Å²) in [4.78, 5) is 16.3. The first-order valence-electron chi connectivity index (χ1n) is 9.78. The van der Waals surface area contributed by atoms with Crippen LogP contribution in [-0.2, 0) is 17.6 Å². The molecule has 2 heterocycles. The Hall–Kier alpha value is -3.29. The third-order valence-corrected chi connectivity index (χ3v) is 5.40. The molecule has 0 radical (unpaired) electrons. The van der Waals surface area contributed by atoms with Crippen LogP contribution < -0.4 is 14.8 Å². The number of hydrogen-bond acceptors (Lipinski definition) is 4. The van der Waals surface area contributed by atoms with E-state index in [-0.39, 0.29) is 30.4 Å². The summed E-state index contributed by atoms with van der Waals surface area (Å²) in [5.74, 6) is 1.04. The van der Waals surface area contributed by atoms with Crippen LogP contribution >= 0.6 is 0 Å². The molecule has 0 aliphatic carbocycles. The Labute approximate surface area is 177 Å². The van der Waals surface area contributed by atoms with Crippen LogP contribution in [-0.4, -0.2) is 25.4 Å². The number of aryl methyl sites for hydroxylation is 1. The van der Waals surface area contributed by atoms with Gasteiger partial charge in [-0.1, -0.05) is 29.8 Å². The Balaban J connectivity index is 1.58. The Morgan fingerprint density at radius 3 is 2.71 bits per heavy atom. The number of methoxy groups -OCH3 is 1. The zero-order valence-corrected chi connectivity index (χ0v) is 17.0. The molecule has 2 aliphatic heterocycles. The lowest BCUT2D eigenvalue weighted by molar-refractivity contribution is -0.138. The summed E-state index contributed by atoms with van der Waals surface area (Å²) in [5, 5.41) is 2.77. The highest BCUT2D eigenvalue weighted by atomic mass is 19.4. The fourth-order valence-corrected chi connectivity index (χ4v) is 3.87. The number of halogens is 3. The normalized spacial score (nSPS) is 18.1. The molecule has 4 rings (SSSR count). The minimum Gasteiger partial charge on any atom is -0.493 e. The number of benzene rings is 2. The van der Waals surface area contributed by atoms with E-state index in [0.29, 0.717) is 29.4 Å². The first kappa shape index (κ1) is 21.0. The molecule has 2 aliphatic rings. The van der Waals surface area contributed by atoms with Crippen molar-refractivity contribution in [3.8, 4) is 11.5 Å². The minimum absolute atomic E-state index is 0.0464. The summed E-state index contributed by atoms with van der Waals surface area (Å²) in [6.45, 7) is 1.89. The number of carbonyl (C=O) groups is 1. The molecule has 0 aromatic heterocycles. The predicted octanol–water partition coefficient (Wildman–Crippen LogP) is 4.54. The minimum atomic E-state index is -4.46. The zero-order chi connectivity index (χ0) is 22.2. The van der Waals surface area contributed by atoms with Crippen LogP contribution in [0.2, 0.25) is 0 Å². The zero-order valence-electron chi connectivity index (χ0n) is 17.0. The molecule has 1 saturated heterocycles. The molecule has 0 saturated carbocycles. The fourth-order valence-electron chi connectivity index (χ4n) is 3.87. The maximum Gasteiger partial charge on any atom is 0.416 e. The SMILES string of the molecule is COc1cc([C@H]2CC(=O)NC3=NCC=C32)ccc1OCc1ccc(C)cc1C(F)(F)F. The highest BCUT2D eigenvalue weighted by molar-refractivity contribution is 6.12. The van der Waals surface area contributed by atoms with Gasteiger partial charge in [-0.15, -0.1) is 0 Å². The summed E-state index contributed by atoms with van der Waals surface area (Å²) in [7, 11) is 1.47. The number of rotatable bonds is 5. The molecular formula is C23H21F3N2O3.